The van der Waals surface area contributed by atoms with E-state index < -0.39 is 0 Å². The summed E-state index contributed by atoms with van der Waals surface area (Å²) in [6, 6.07) is 36.7. The van der Waals surface area contributed by atoms with Crippen LogP contribution in [0.25, 0.3) is 54.6 Å². The van der Waals surface area contributed by atoms with Gasteiger partial charge in [0.05, 0.1) is 0 Å². The summed E-state index contributed by atoms with van der Waals surface area (Å²) in [5.41, 5.74) is 11.4. The van der Waals surface area contributed by atoms with E-state index in [4.69, 9.17) is 0 Å². The maximum Gasteiger partial charge on any atom is 0.0165 e. The van der Waals surface area contributed by atoms with Crippen LogP contribution in [0.5, 0.6) is 0 Å². The minimum atomic E-state index is -0.0912. The third-order valence-corrected chi connectivity index (χ3v) is 9.22. The molecule has 8 rings (SSSR count). The molecule has 0 fully saturated rings. The second-order valence-electron chi connectivity index (χ2n) is 11.7. The maximum absolute atomic E-state index is 2.52. The highest BCUT2D eigenvalue weighted by Crippen LogP contribution is 2.58. The molecule has 0 bridgehead atoms. The van der Waals surface area contributed by atoms with Crippen molar-refractivity contribution in [3.63, 3.8) is 0 Å². The van der Waals surface area contributed by atoms with Gasteiger partial charge in [-0.15, -0.1) is 0 Å². The summed E-state index contributed by atoms with van der Waals surface area (Å²) in [5.74, 6) is 0. The SMILES string of the molecule is CC1(C)c2ccccc2-c2cc3c(cc21)-c1ccc2c4ccccc4c4ccccc4c2c1C3(C)C. The second-order valence-corrected chi connectivity index (χ2v) is 11.7. The Bertz CT molecular complexity index is 1900. The third-order valence-electron chi connectivity index (χ3n) is 9.22. The smallest absolute Gasteiger partial charge is 0.0165 e. The molecule has 0 atom stereocenters. The summed E-state index contributed by atoms with van der Waals surface area (Å²) in [7, 11) is 0. The lowest BCUT2D eigenvalue weighted by atomic mass is 9.77. The molecule has 0 radical (unpaired) electrons. The molecule has 0 heteroatoms. The van der Waals surface area contributed by atoms with Gasteiger partial charge in [0.15, 0.2) is 0 Å². The first-order valence-electron chi connectivity index (χ1n) is 13.0. The summed E-state index contributed by atoms with van der Waals surface area (Å²) >= 11 is 0. The summed E-state index contributed by atoms with van der Waals surface area (Å²) in [4.78, 5) is 0. The molecule has 0 unspecified atom stereocenters. The van der Waals surface area contributed by atoms with Gasteiger partial charge in [0.25, 0.3) is 0 Å². The van der Waals surface area contributed by atoms with Crippen molar-refractivity contribution in [1.82, 2.24) is 0 Å². The van der Waals surface area contributed by atoms with Crippen LogP contribution < -0.4 is 0 Å². The fraction of sp³-hybridized carbons (Fsp3) is 0.167. The van der Waals surface area contributed by atoms with Crippen molar-refractivity contribution < 1.29 is 0 Å². The van der Waals surface area contributed by atoms with Crippen LogP contribution in [-0.4, -0.2) is 0 Å². The molecule has 0 heterocycles. The molecule has 0 nitrogen and oxygen atoms in total. The molecule has 0 saturated heterocycles. The lowest BCUT2D eigenvalue weighted by Crippen LogP contribution is -2.17. The highest BCUT2D eigenvalue weighted by Gasteiger charge is 2.42. The van der Waals surface area contributed by atoms with Crippen molar-refractivity contribution in [3.05, 3.63) is 119 Å². The summed E-state index contributed by atoms with van der Waals surface area (Å²) in [5, 5.41) is 8.18. The number of rotatable bonds is 0. The van der Waals surface area contributed by atoms with E-state index in [9.17, 15) is 0 Å². The van der Waals surface area contributed by atoms with Gasteiger partial charge in [-0.05, 0) is 89.0 Å². The molecule has 0 N–H and O–H groups in total. The first-order valence-corrected chi connectivity index (χ1v) is 13.0. The standard InChI is InChI=1S/C36H28/c1-35(2)30-16-10-9-14-24(30)28-19-32-29(20-31(28)35)27-18-17-26-23-13-6-5-11-21(23)22-12-7-8-15-25(22)33(26)34(27)36(32,3)4/h5-20H,1-4H3. The van der Waals surface area contributed by atoms with E-state index in [0.717, 1.165) is 0 Å². The van der Waals surface area contributed by atoms with Crippen LogP contribution in [0.1, 0.15) is 49.9 Å². The second kappa shape index (κ2) is 6.45. The Balaban J connectivity index is 1.52. The van der Waals surface area contributed by atoms with Gasteiger partial charge >= 0.3 is 0 Å². The van der Waals surface area contributed by atoms with Crippen molar-refractivity contribution >= 4 is 32.3 Å². The molecule has 6 aromatic rings. The minimum absolute atomic E-state index is 0.00754. The van der Waals surface area contributed by atoms with Crippen LogP contribution in [-0.2, 0) is 10.8 Å². The number of fused-ring (bicyclic) bond motifs is 13. The topological polar surface area (TPSA) is 0 Å². The van der Waals surface area contributed by atoms with Crippen molar-refractivity contribution in [3.8, 4) is 22.3 Å². The molecule has 0 saturated carbocycles. The molecule has 6 aromatic carbocycles. The quantitative estimate of drug-likeness (QED) is 0.198. The van der Waals surface area contributed by atoms with Crippen molar-refractivity contribution in [2.75, 3.05) is 0 Å². The first-order chi connectivity index (χ1) is 17.4. The average molecular weight is 461 g/mol. The normalized spacial score (nSPS) is 16.2. The highest BCUT2D eigenvalue weighted by atomic mass is 14.4. The van der Waals surface area contributed by atoms with Crippen LogP contribution in [0, 0.1) is 0 Å². The van der Waals surface area contributed by atoms with Crippen molar-refractivity contribution in [1.29, 1.82) is 0 Å². The highest BCUT2D eigenvalue weighted by molar-refractivity contribution is 6.27. The van der Waals surface area contributed by atoms with Crippen LogP contribution in [0.4, 0.5) is 0 Å². The lowest BCUT2D eigenvalue weighted by Gasteiger charge is -2.25. The fourth-order valence-electron chi connectivity index (χ4n) is 7.49. The Kier molecular flexibility index (Phi) is 3.64. The van der Waals surface area contributed by atoms with Gasteiger partial charge in [-0.3, -0.25) is 0 Å². The number of hydrogen-bond acceptors (Lipinski definition) is 0. The van der Waals surface area contributed by atoms with Gasteiger partial charge in [-0.1, -0.05) is 113 Å². The molecule has 2 aliphatic rings. The summed E-state index contributed by atoms with van der Waals surface area (Å²) in [6.07, 6.45) is 0. The first kappa shape index (κ1) is 20.3. The number of benzene rings is 6. The number of hydrogen-bond donors (Lipinski definition) is 0. The van der Waals surface area contributed by atoms with E-state index in [0.29, 0.717) is 0 Å². The molecular weight excluding hydrogens is 432 g/mol. The fourth-order valence-corrected chi connectivity index (χ4v) is 7.49. The molecule has 36 heavy (non-hydrogen) atoms. The Morgan fingerprint density at radius 2 is 0.889 bits per heavy atom. The van der Waals surface area contributed by atoms with Crippen LogP contribution >= 0.6 is 0 Å². The molecule has 0 amide bonds. The van der Waals surface area contributed by atoms with E-state index in [1.807, 2.05) is 0 Å². The Morgan fingerprint density at radius 3 is 1.58 bits per heavy atom. The molecule has 2 aliphatic carbocycles. The van der Waals surface area contributed by atoms with E-state index in [2.05, 4.69) is 125 Å². The van der Waals surface area contributed by atoms with Crippen LogP contribution in [0.3, 0.4) is 0 Å². The predicted octanol–water partition coefficient (Wildman–Crippen LogP) is 9.76. The van der Waals surface area contributed by atoms with Crippen LogP contribution in [0.2, 0.25) is 0 Å². The molecule has 0 aromatic heterocycles. The zero-order chi connectivity index (χ0) is 24.4. The third kappa shape index (κ3) is 2.26. The summed E-state index contributed by atoms with van der Waals surface area (Å²) < 4.78 is 0. The zero-order valence-electron chi connectivity index (χ0n) is 21.2. The van der Waals surface area contributed by atoms with Crippen molar-refractivity contribution in [2.45, 2.75) is 38.5 Å². The van der Waals surface area contributed by atoms with Gasteiger partial charge in [0, 0.05) is 10.8 Å². The molecule has 172 valence electrons. The summed E-state index contributed by atoms with van der Waals surface area (Å²) in [6.45, 7) is 9.62. The van der Waals surface area contributed by atoms with E-state index in [1.54, 1.807) is 0 Å². The van der Waals surface area contributed by atoms with Crippen molar-refractivity contribution in [2.24, 2.45) is 0 Å². The lowest BCUT2D eigenvalue weighted by molar-refractivity contribution is 0.654. The molecule has 0 spiro atoms. The maximum atomic E-state index is 2.52. The Hall–Kier alpha value is -3.90. The average Bonchev–Trinajstić information content (AvgIpc) is 3.27. The van der Waals surface area contributed by atoms with Gasteiger partial charge < -0.3 is 0 Å². The molecule has 0 aliphatic heterocycles. The van der Waals surface area contributed by atoms with E-state index >= 15 is 0 Å². The van der Waals surface area contributed by atoms with Crippen LogP contribution in [0.15, 0.2) is 97.1 Å². The minimum Gasteiger partial charge on any atom is -0.0619 e. The van der Waals surface area contributed by atoms with Gasteiger partial charge in [0.1, 0.15) is 0 Å². The molecular formula is C36H28. The van der Waals surface area contributed by atoms with E-state index in [1.165, 1.54) is 76.8 Å². The van der Waals surface area contributed by atoms with E-state index in [-0.39, 0.29) is 10.8 Å². The van der Waals surface area contributed by atoms with Gasteiger partial charge in [-0.2, -0.15) is 0 Å². The predicted molar refractivity (Wildman–Crippen MR) is 154 cm³/mol. The van der Waals surface area contributed by atoms with Gasteiger partial charge in [0.2, 0.25) is 0 Å². The Morgan fingerprint density at radius 1 is 0.389 bits per heavy atom. The monoisotopic (exact) mass is 460 g/mol. The Labute approximate surface area is 212 Å². The zero-order valence-corrected chi connectivity index (χ0v) is 21.2. The largest absolute Gasteiger partial charge is 0.0619 e. The van der Waals surface area contributed by atoms with Gasteiger partial charge in [-0.25, -0.2) is 0 Å².